The fraction of sp³-hybridized carbons (Fsp3) is 0.462. The molecule has 0 fully saturated rings. The molecule has 0 heterocycles. The number of hydrogen-bond donors (Lipinski definition) is 1. The SMILES string of the molecule is CSc1ccc(C(=O)CN(CCO)CC(F)(F)F)cc1. The minimum Gasteiger partial charge on any atom is -0.395 e. The summed E-state index contributed by atoms with van der Waals surface area (Å²) in [4.78, 5) is 13.8. The summed E-state index contributed by atoms with van der Waals surface area (Å²) in [6, 6.07) is 6.69. The molecule has 1 aromatic carbocycles. The Balaban J connectivity index is 2.69. The van der Waals surface area contributed by atoms with Gasteiger partial charge in [0.25, 0.3) is 0 Å². The van der Waals surface area contributed by atoms with E-state index in [1.807, 2.05) is 6.26 Å². The quantitative estimate of drug-likeness (QED) is 0.620. The molecule has 0 aliphatic carbocycles. The van der Waals surface area contributed by atoms with E-state index in [1.54, 1.807) is 24.3 Å². The molecule has 0 unspecified atom stereocenters. The Bertz CT molecular complexity index is 434. The van der Waals surface area contributed by atoms with Crippen LogP contribution < -0.4 is 0 Å². The van der Waals surface area contributed by atoms with E-state index in [1.165, 1.54) is 11.8 Å². The zero-order chi connectivity index (χ0) is 15.2. The van der Waals surface area contributed by atoms with Gasteiger partial charge in [0.1, 0.15) is 0 Å². The first kappa shape index (κ1) is 17.0. The first-order valence-electron chi connectivity index (χ1n) is 5.93. The molecule has 20 heavy (non-hydrogen) atoms. The second kappa shape index (κ2) is 7.66. The van der Waals surface area contributed by atoms with Gasteiger partial charge in [-0.3, -0.25) is 9.69 Å². The molecule has 112 valence electrons. The number of nitrogens with zero attached hydrogens (tertiary/aromatic N) is 1. The monoisotopic (exact) mass is 307 g/mol. The molecule has 0 aromatic heterocycles. The number of alkyl halides is 3. The number of aliphatic hydroxyl groups is 1. The highest BCUT2D eigenvalue weighted by atomic mass is 32.2. The Morgan fingerprint density at radius 3 is 2.35 bits per heavy atom. The highest BCUT2D eigenvalue weighted by Gasteiger charge is 2.31. The van der Waals surface area contributed by atoms with Gasteiger partial charge < -0.3 is 5.11 Å². The van der Waals surface area contributed by atoms with Crippen LogP contribution in [-0.2, 0) is 0 Å². The standard InChI is InChI=1S/C13H16F3NO2S/c1-20-11-4-2-10(3-5-11)12(19)8-17(6-7-18)9-13(14,15)16/h2-5,18H,6-9H2,1H3. The van der Waals surface area contributed by atoms with Crippen molar-refractivity contribution in [3.05, 3.63) is 29.8 Å². The van der Waals surface area contributed by atoms with Crippen molar-refractivity contribution in [2.45, 2.75) is 11.1 Å². The summed E-state index contributed by atoms with van der Waals surface area (Å²) in [5.41, 5.74) is 0.368. The Morgan fingerprint density at radius 2 is 1.90 bits per heavy atom. The summed E-state index contributed by atoms with van der Waals surface area (Å²) < 4.78 is 37.0. The Labute approximate surface area is 119 Å². The summed E-state index contributed by atoms with van der Waals surface area (Å²) in [7, 11) is 0. The molecule has 7 heteroatoms. The molecule has 0 atom stereocenters. The molecular weight excluding hydrogens is 291 g/mol. The molecule has 1 N–H and O–H groups in total. The first-order valence-corrected chi connectivity index (χ1v) is 7.15. The van der Waals surface area contributed by atoms with E-state index in [-0.39, 0.29) is 13.1 Å². The van der Waals surface area contributed by atoms with Crippen LogP contribution in [0.3, 0.4) is 0 Å². The van der Waals surface area contributed by atoms with Gasteiger partial charge in [0.15, 0.2) is 5.78 Å². The number of ketones is 1. The summed E-state index contributed by atoms with van der Waals surface area (Å²) >= 11 is 1.52. The van der Waals surface area contributed by atoms with E-state index in [2.05, 4.69) is 0 Å². The molecule has 0 saturated heterocycles. The summed E-state index contributed by atoms with van der Waals surface area (Å²) in [5, 5.41) is 8.76. The lowest BCUT2D eigenvalue weighted by atomic mass is 10.1. The highest BCUT2D eigenvalue weighted by molar-refractivity contribution is 7.98. The predicted octanol–water partition coefficient (Wildman–Crippen LogP) is 2.45. The maximum atomic E-state index is 12.3. The van der Waals surface area contributed by atoms with Crippen molar-refractivity contribution in [1.29, 1.82) is 0 Å². The third kappa shape index (κ3) is 5.94. The third-order valence-corrected chi connectivity index (χ3v) is 3.34. The number of halogens is 3. The molecule has 0 radical (unpaired) electrons. The zero-order valence-corrected chi connectivity index (χ0v) is 11.8. The first-order chi connectivity index (χ1) is 9.35. The van der Waals surface area contributed by atoms with E-state index in [0.29, 0.717) is 5.56 Å². The number of aliphatic hydroxyl groups excluding tert-OH is 1. The van der Waals surface area contributed by atoms with Crippen molar-refractivity contribution in [2.24, 2.45) is 0 Å². The maximum Gasteiger partial charge on any atom is 0.401 e. The second-order valence-corrected chi connectivity index (χ2v) is 5.08. The Morgan fingerprint density at radius 1 is 1.30 bits per heavy atom. The van der Waals surface area contributed by atoms with Gasteiger partial charge in [-0.25, -0.2) is 0 Å². The fourth-order valence-corrected chi connectivity index (χ4v) is 2.09. The van der Waals surface area contributed by atoms with Gasteiger partial charge in [-0.1, -0.05) is 12.1 Å². The molecule has 0 amide bonds. The van der Waals surface area contributed by atoms with Crippen LogP contribution in [0.5, 0.6) is 0 Å². The summed E-state index contributed by atoms with van der Waals surface area (Å²) in [6.07, 6.45) is -2.50. The largest absolute Gasteiger partial charge is 0.401 e. The lowest BCUT2D eigenvalue weighted by Gasteiger charge is -2.21. The van der Waals surface area contributed by atoms with E-state index < -0.39 is 25.1 Å². The molecule has 0 saturated carbocycles. The number of benzene rings is 1. The maximum absolute atomic E-state index is 12.3. The minimum atomic E-state index is -4.39. The van der Waals surface area contributed by atoms with Crippen molar-refractivity contribution >= 4 is 17.5 Å². The van der Waals surface area contributed by atoms with Gasteiger partial charge in [0, 0.05) is 17.0 Å². The molecule has 0 bridgehead atoms. The van der Waals surface area contributed by atoms with Gasteiger partial charge in [-0.05, 0) is 18.4 Å². The fourth-order valence-electron chi connectivity index (χ4n) is 1.68. The summed E-state index contributed by atoms with van der Waals surface area (Å²) in [5.74, 6) is -0.393. The van der Waals surface area contributed by atoms with Crippen molar-refractivity contribution in [3.8, 4) is 0 Å². The van der Waals surface area contributed by atoms with E-state index in [4.69, 9.17) is 5.11 Å². The van der Waals surface area contributed by atoms with E-state index in [0.717, 1.165) is 9.80 Å². The smallest absolute Gasteiger partial charge is 0.395 e. The summed E-state index contributed by atoms with van der Waals surface area (Å²) in [6.45, 7) is -2.18. The van der Waals surface area contributed by atoms with E-state index in [9.17, 15) is 18.0 Å². The number of Topliss-reactive ketones (excluding diaryl/α,β-unsaturated/α-hetero) is 1. The lowest BCUT2D eigenvalue weighted by Crippen LogP contribution is -2.39. The topological polar surface area (TPSA) is 40.5 Å². The van der Waals surface area contributed by atoms with Crippen molar-refractivity contribution in [3.63, 3.8) is 0 Å². The Kier molecular flexibility index (Phi) is 6.51. The van der Waals surface area contributed by atoms with Crippen LogP contribution in [0.4, 0.5) is 13.2 Å². The van der Waals surface area contributed by atoms with Crippen molar-refractivity contribution in [1.82, 2.24) is 4.90 Å². The Hall–Kier alpha value is -1.05. The molecule has 0 aliphatic heterocycles. The average molecular weight is 307 g/mol. The van der Waals surface area contributed by atoms with Crippen molar-refractivity contribution in [2.75, 3.05) is 32.5 Å². The molecule has 3 nitrogen and oxygen atoms in total. The number of thioether (sulfide) groups is 1. The van der Waals surface area contributed by atoms with Gasteiger partial charge >= 0.3 is 6.18 Å². The lowest BCUT2D eigenvalue weighted by molar-refractivity contribution is -0.145. The van der Waals surface area contributed by atoms with Gasteiger partial charge in [0.05, 0.1) is 19.7 Å². The van der Waals surface area contributed by atoms with Gasteiger partial charge in [-0.15, -0.1) is 11.8 Å². The third-order valence-electron chi connectivity index (χ3n) is 2.60. The number of carbonyl (C=O) groups excluding carboxylic acids is 1. The number of rotatable bonds is 7. The van der Waals surface area contributed by atoms with Crippen LogP contribution in [0.25, 0.3) is 0 Å². The van der Waals surface area contributed by atoms with Crippen LogP contribution in [-0.4, -0.2) is 54.5 Å². The van der Waals surface area contributed by atoms with Crippen LogP contribution in [0, 0.1) is 0 Å². The van der Waals surface area contributed by atoms with Crippen LogP contribution in [0.1, 0.15) is 10.4 Å². The average Bonchev–Trinajstić information content (AvgIpc) is 2.37. The molecule has 1 aromatic rings. The van der Waals surface area contributed by atoms with Crippen LogP contribution >= 0.6 is 11.8 Å². The second-order valence-electron chi connectivity index (χ2n) is 4.20. The number of hydrogen-bond acceptors (Lipinski definition) is 4. The van der Waals surface area contributed by atoms with Gasteiger partial charge in [-0.2, -0.15) is 13.2 Å². The van der Waals surface area contributed by atoms with Gasteiger partial charge in [0.2, 0.25) is 0 Å². The molecule has 0 aliphatic rings. The molecular formula is C13H16F3NO2S. The highest BCUT2D eigenvalue weighted by Crippen LogP contribution is 2.18. The minimum absolute atomic E-state index is 0.186. The normalized spacial score (nSPS) is 11.9. The predicted molar refractivity (Wildman–Crippen MR) is 72.1 cm³/mol. The van der Waals surface area contributed by atoms with Crippen LogP contribution in [0.2, 0.25) is 0 Å². The van der Waals surface area contributed by atoms with Crippen LogP contribution in [0.15, 0.2) is 29.2 Å². The molecule has 1 rings (SSSR count). The van der Waals surface area contributed by atoms with E-state index >= 15 is 0 Å². The molecule has 0 spiro atoms. The van der Waals surface area contributed by atoms with Crippen molar-refractivity contribution < 1.29 is 23.1 Å². The zero-order valence-electron chi connectivity index (χ0n) is 11.0. The number of carbonyl (C=O) groups is 1.